The number of amides is 1. The highest BCUT2D eigenvalue weighted by Crippen LogP contribution is 2.31. The summed E-state index contributed by atoms with van der Waals surface area (Å²) in [6, 6.07) is 15.7. The number of rotatable bonds is 6. The van der Waals surface area contributed by atoms with Gasteiger partial charge in [-0.15, -0.1) is 0 Å². The third kappa shape index (κ3) is 4.68. The molecule has 27 heavy (non-hydrogen) atoms. The summed E-state index contributed by atoms with van der Waals surface area (Å²) in [4.78, 5) is 16.5. The standard InChI is InChI=1S/C20H18ClN3O3/c1-26-16-8-10-19(27-2)18(11-16)23-15-7-9-17(22-12-15)20(25)24-14-5-3-13(21)4-6-14/h3-12,23H,1-2H3,(H,24,25). The van der Waals surface area contributed by atoms with Gasteiger partial charge in [-0.05, 0) is 48.5 Å². The molecule has 3 aromatic rings. The molecule has 0 bridgehead atoms. The highest BCUT2D eigenvalue weighted by molar-refractivity contribution is 6.30. The zero-order chi connectivity index (χ0) is 19.2. The monoisotopic (exact) mass is 383 g/mol. The van der Waals surface area contributed by atoms with Crippen molar-refractivity contribution >= 4 is 34.6 Å². The SMILES string of the molecule is COc1ccc(OC)c(Nc2ccc(C(=O)Nc3ccc(Cl)cc3)nc2)c1. The fourth-order valence-corrected chi connectivity index (χ4v) is 2.52. The molecule has 6 nitrogen and oxygen atoms in total. The first-order valence-electron chi connectivity index (χ1n) is 8.11. The van der Waals surface area contributed by atoms with Crippen LogP contribution < -0.4 is 20.1 Å². The zero-order valence-electron chi connectivity index (χ0n) is 14.8. The highest BCUT2D eigenvalue weighted by atomic mass is 35.5. The normalized spacial score (nSPS) is 10.2. The second-order valence-corrected chi connectivity index (χ2v) is 6.02. The van der Waals surface area contributed by atoms with Crippen LogP contribution in [-0.4, -0.2) is 25.1 Å². The molecule has 0 aliphatic carbocycles. The van der Waals surface area contributed by atoms with E-state index in [-0.39, 0.29) is 5.91 Å². The lowest BCUT2D eigenvalue weighted by Gasteiger charge is -2.12. The third-order valence-electron chi connectivity index (χ3n) is 3.78. The molecule has 7 heteroatoms. The molecule has 2 N–H and O–H groups in total. The van der Waals surface area contributed by atoms with Crippen molar-refractivity contribution < 1.29 is 14.3 Å². The molecule has 0 radical (unpaired) electrons. The smallest absolute Gasteiger partial charge is 0.274 e. The summed E-state index contributed by atoms with van der Waals surface area (Å²) in [5.74, 6) is 1.06. The van der Waals surface area contributed by atoms with E-state index in [4.69, 9.17) is 21.1 Å². The molecule has 3 rings (SSSR count). The van der Waals surface area contributed by atoms with Gasteiger partial charge in [-0.3, -0.25) is 4.79 Å². The summed E-state index contributed by atoms with van der Waals surface area (Å²) in [5, 5.41) is 6.58. The predicted molar refractivity (Wildman–Crippen MR) is 106 cm³/mol. The van der Waals surface area contributed by atoms with Crippen LogP contribution in [0.25, 0.3) is 0 Å². The van der Waals surface area contributed by atoms with Gasteiger partial charge in [0.05, 0.1) is 31.8 Å². The van der Waals surface area contributed by atoms with Crippen molar-refractivity contribution in [3.8, 4) is 11.5 Å². The van der Waals surface area contributed by atoms with Crippen LogP contribution >= 0.6 is 11.6 Å². The summed E-state index contributed by atoms with van der Waals surface area (Å²) >= 11 is 5.84. The van der Waals surface area contributed by atoms with E-state index >= 15 is 0 Å². The van der Waals surface area contributed by atoms with Crippen LogP contribution in [0.2, 0.25) is 5.02 Å². The van der Waals surface area contributed by atoms with E-state index in [0.29, 0.717) is 33.6 Å². The van der Waals surface area contributed by atoms with Crippen molar-refractivity contribution in [3.05, 3.63) is 71.5 Å². The first-order chi connectivity index (χ1) is 13.1. The fraction of sp³-hybridized carbons (Fsp3) is 0.100. The Kier molecular flexibility index (Phi) is 5.78. The maximum absolute atomic E-state index is 12.3. The molecule has 0 fully saturated rings. The first-order valence-corrected chi connectivity index (χ1v) is 8.49. The second-order valence-electron chi connectivity index (χ2n) is 5.58. The predicted octanol–water partition coefficient (Wildman–Crippen LogP) is 4.75. The van der Waals surface area contributed by atoms with E-state index in [0.717, 1.165) is 5.69 Å². The molecule has 0 saturated carbocycles. The summed E-state index contributed by atoms with van der Waals surface area (Å²) in [5.41, 5.74) is 2.39. The van der Waals surface area contributed by atoms with Crippen molar-refractivity contribution in [3.63, 3.8) is 0 Å². The molecular formula is C20H18ClN3O3. The van der Waals surface area contributed by atoms with Crippen molar-refractivity contribution in [1.29, 1.82) is 0 Å². The number of anilines is 3. The Balaban J connectivity index is 1.72. The number of carbonyl (C=O) groups excluding carboxylic acids is 1. The Bertz CT molecular complexity index is 928. The topological polar surface area (TPSA) is 72.5 Å². The number of carbonyl (C=O) groups is 1. The molecule has 1 aromatic heterocycles. The number of nitrogens with zero attached hydrogens (tertiary/aromatic N) is 1. The Hall–Kier alpha value is -3.25. The molecule has 0 spiro atoms. The van der Waals surface area contributed by atoms with Crippen LogP contribution in [0, 0.1) is 0 Å². The molecule has 0 unspecified atom stereocenters. The molecule has 1 amide bonds. The number of hydrogen-bond acceptors (Lipinski definition) is 5. The van der Waals surface area contributed by atoms with Crippen molar-refractivity contribution in [1.82, 2.24) is 4.98 Å². The van der Waals surface area contributed by atoms with Gasteiger partial charge in [-0.1, -0.05) is 11.6 Å². The van der Waals surface area contributed by atoms with Gasteiger partial charge in [0.25, 0.3) is 5.91 Å². The maximum atomic E-state index is 12.3. The van der Waals surface area contributed by atoms with Gasteiger partial charge >= 0.3 is 0 Å². The van der Waals surface area contributed by atoms with Gasteiger partial charge in [0.15, 0.2) is 0 Å². The summed E-state index contributed by atoms with van der Waals surface area (Å²) < 4.78 is 10.6. The third-order valence-corrected chi connectivity index (χ3v) is 4.04. The largest absolute Gasteiger partial charge is 0.497 e. The maximum Gasteiger partial charge on any atom is 0.274 e. The summed E-state index contributed by atoms with van der Waals surface area (Å²) in [6.45, 7) is 0. The van der Waals surface area contributed by atoms with Gasteiger partial charge in [0.2, 0.25) is 0 Å². The average molecular weight is 384 g/mol. The second kappa shape index (κ2) is 8.42. The summed E-state index contributed by atoms with van der Waals surface area (Å²) in [7, 11) is 3.19. The minimum absolute atomic E-state index is 0.299. The number of nitrogens with one attached hydrogen (secondary N) is 2. The van der Waals surface area contributed by atoms with Crippen LogP contribution in [0.1, 0.15) is 10.5 Å². The van der Waals surface area contributed by atoms with E-state index in [1.165, 1.54) is 0 Å². The lowest BCUT2D eigenvalue weighted by atomic mass is 10.2. The van der Waals surface area contributed by atoms with Gasteiger partial charge in [0, 0.05) is 16.8 Å². The number of methoxy groups -OCH3 is 2. The fourth-order valence-electron chi connectivity index (χ4n) is 2.40. The van der Waals surface area contributed by atoms with Crippen LogP contribution in [0.15, 0.2) is 60.8 Å². The van der Waals surface area contributed by atoms with Crippen molar-refractivity contribution in [2.45, 2.75) is 0 Å². The molecule has 0 atom stereocenters. The lowest BCUT2D eigenvalue weighted by molar-refractivity contribution is 0.102. The number of ether oxygens (including phenoxy) is 2. The van der Waals surface area contributed by atoms with Crippen molar-refractivity contribution in [2.75, 3.05) is 24.9 Å². The van der Waals surface area contributed by atoms with Crippen LogP contribution in [0.3, 0.4) is 0 Å². The van der Waals surface area contributed by atoms with Crippen LogP contribution in [-0.2, 0) is 0 Å². The van der Waals surface area contributed by atoms with E-state index in [1.54, 1.807) is 56.8 Å². The number of halogens is 1. The molecule has 0 aliphatic heterocycles. The van der Waals surface area contributed by atoms with E-state index in [1.807, 2.05) is 18.2 Å². The molecule has 2 aromatic carbocycles. The van der Waals surface area contributed by atoms with Gasteiger partial charge in [-0.25, -0.2) is 4.98 Å². The van der Waals surface area contributed by atoms with Crippen LogP contribution in [0.4, 0.5) is 17.1 Å². The molecular weight excluding hydrogens is 366 g/mol. The molecule has 1 heterocycles. The van der Waals surface area contributed by atoms with E-state index < -0.39 is 0 Å². The Morgan fingerprint density at radius 1 is 0.963 bits per heavy atom. The zero-order valence-corrected chi connectivity index (χ0v) is 15.6. The Morgan fingerprint density at radius 3 is 2.33 bits per heavy atom. The number of aromatic nitrogens is 1. The quantitative estimate of drug-likeness (QED) is 0.642. The number of hydrogen-bond donors (Lipinski definition) is 2. The van der Waals surface area contributed by atoms with Gasteiger partial charge < -0.3 is 20.1 Å². The highest BCUT2D eigenvalue weighted by Gasteiger charge is 2.09. The van der Waals surface area contributed by atoms with Crippen molar-refractivity contribution in [2.24, 2.45) is 0 Å². The number of benzene rings is 2. The molecule has 0 aliphatic rings. The minimum atomic E-state index is -0.303. The van der Waals surface area contributed by atoms with Gasteiger partial charge in [-0.2, -0.15) is 0 Å². The van der Waals surface area contributed by atoms with Gasteiger partial charge in [0.1, 0.15) is 17.2 Å². The van der Waals surface area contributed by atoms with E-state index in [9.17, 15) is 4.79 Å². The molecule has 0 saturated heterocycles. The van der Waals surface area contributed by atoms with Crippen LogP contribution in [0.5, 0.6) is 11.5 Å². The summed E-state index contributed by atoms with van der Waals surface area (Å²) in [6.07, 6.45) is 1.58. The first kappa shape index (κ1) is 18.5. The number of pyridine rings is 1. The Morgan fingerprint density at radius 2 is 1.70 bits per heavy atom. The Labute approximate surface area is 162 Å². The van der Waals surface area contributed by atoms with E-state index in [2.05, 4.69) is 15.6 Å². The minimum Gasteiger partial charge on any atom is -0.497 e. The molecule has 138 valence electrons. The lowest BCUT2D eigenvalue weighted by Crippen LogP contribution is -2.13. The average Bonchev–Trinajstić information content (AvgIpc) is 2.70.